The summed E-state index contributed by atoms with van der Waals surface area (Å²) in [6.45, 7) is 2.22. The Kier molecular flexibility index (Phi) is 9.28. The lowest BCUT2D eigenvalue weighted by Gasteiger charge is -2.05. The number of halogens is 1. The number of benzene rings is 1. The summed E-state index contributed by atoms with van der Waals surface area (Å²) in [5.41, 5.74) is 2.99. The Labute approximate surface area is 121 Å². The van der Waals surface area contributed by atoms with E-state index in [1.807, 2.05) is 0 Å². The van der Waals surface area contributed by atoms with Crippen molar-refractivity contribution in [3.8, 4) is 0 Å². The number of hydrogen-bond acceptors (Lipinski definition) is 0. The van der Waals surface area contributed by atoms with Crippen molar-refractivity contribution in [2.75, 3.05) is 5.33 Å². The molecule has 0 amide bonds. The molecule has 0 aliphatic carbocycles. The molecule has 0 saturated carbocycles. The van der Waals surface area contributed by atoms with E-state index < -0.39 is 0 Å². The van der Waals surface area contributed by atoms with E-state index in [2.05, 4.69) is 47.1 Å². The molecule has 0 aromatic heterocycles. The molecule has 1 aromatic rings. The third-order valence-corrected chi connectivity index (χ3v) is 4.15. The zero-order chi connectivity index (χ0) is 13.1. The van der Waals surface area contributed by atoms with Gasteiger partial charge in [0.2, 0.25) is 0 Å². The van der Waals surface area contributed by atoms with Crippen LogP contribution >= 0.6 is 15.9 Å². The van der Waals surface area contributed by atoms with Gasteiger partial charge in [0, 0.05) is 5.33 Å². The minimum atomic E-state index is 1.17. The lowest BCUT2D eigenvalue weighted by molar-refractivity contribution is 0.576. The van der Waals surface area contributed by atoms with E-state index in [4.69, 9.17) is 0 Å². The summed E-state index contributed by atoms with van der Waals surface area (Å²) in [7, 11) is 0. The second-order valence-corrected chi connectivity index (χ2v) is 5.99. The van der Waals surface area contributed by atoms with Gasteiger partial charge in [-0.05, 0) is 37.3 Å². The Hall–Kier alpha value is -0.300. The van der Waals surface area contributed by atoms with Crippen LogP contribution in [0.15, 0.2) is 24.3 Å². The van der Waals surface area contributed by atoms with Gasteiger partial charge in [-0.3, -0.25) is 0 Å². The van der Waals surface area contributed by atoms with Crippen LogP contribution in [-0.2, 0) is 6.42 Å². The molecule has 0 radical (unpaired) electrons. The second-order valence-electron chi connectivity index (χ2n) is 5.19. The van der Waals surface area contributed by atoms with E-state index in [0.717, 1.165) is 0 Å². The quantitative estimate of drug-likeness (QED) is 0.364. The first-order valence-electron chi connectivity index (χ1n) is 7.45. The molecule has 0 atom stereocenters. The summed E-state index contributed by atoms with van der Waals surface area (Å²) in [5.74, 6) is 0. The van der Waals surface area contributed by atoms with Crippen LogP contribution in [0.4, 0.5) is 0 Å². The highest BCUT2D eigenvalue weighted by atomic mass is 79.9. The molecule has 1 aromatic carbocycles. The summed E-state index contributed by atoms with van der Waals surface area (Å²) < 4.78 is 0. The van der Waals surface area contributed by atoms with Crippen LogP contribution in [0.2, 0.25) is 0 Å². The fourth-order valence-corrected chi connectivity index (χ4v) is 2.76. The maximum Gasteiger partial charge on any atom is 0.00313 e. The smallest absolute Gasteiger partial charge is 0.00313 e. The molecule has 0 aliphatic heterocycles. The maximum absolute atomic E-state index is 3.48. The van der Waals surface area contributed by atoms with Crippen LogP contribution in [0, 0.1) is 6.92 Å². The van der Waals surface area contributed by atoms with Crippen LogP contribution in [0.1, 0.15) is 62.5 Å². The first-order chi connectivity index (χ1) is 8.84. The average molecular weight is 311 g/mol. The van der Waals surface area contributed by atoms with E-state index in [1.165, 1.54) is 74.2 Å². The van der Waals surface area contributed by atoms with Crippen molar-refractivity contribution in [3.63, 3.8) is 0 Å². The van der Waals surface area contributed by atoms with Crippen molar-refractivity contribution < 1.29 is 0 Å². The summed E-state index contributed by atoms with van der Waals surface area (Å²) in [5, 5.41) is 1.17. The Balaban J connectivity index is 1.94. The van der Waals surface area contributed by atoms with Gasteiger partial charge in [0.1, 0.15) is 0 Å². The van der Waals surface area contributed by atoms with Gasteiger partial charge < -0.3 is 0 Å². The highest BCUT2D eigenvalue weighted by Gasteiger charge is 1.97. The van der Waals surface area contributed by atoms with Crippen molar-refractivity contribution in [3.05, 3.63) is 35.4 Å². The minimum absolute atomic E-state index is 1.17. The fraction of sp³-hybridized carbons (Fsp3) is 0.647. The number of rotatable bonds is 10. The molecule has 0 unspecified atom stereocenters. The molecule has 0 heterocycles. The summed E-state index contributed by atoms with van der Waals surface area (Å²) >= 11 is 3.48. The summed E-state index contributed by atoms with van der Waals surface area (Å²) in [6.07, 6.45) is 12.4. The molecule has 0 nitrogen and oxygen atoms in total. The van der Waals surface area contributed by atoms with Crippen LogP contribution in [0.25, 0.3) is 0 Å². The molecule has 1 rings (SSSR count). The fourth-order valence-electron chi connectivity index (χ4n) is 2.36. The molecular weight excluding hydrogens is 284 g/mol. The normalized spacial score (nSPS) is 10.8. The lowest BCUT2D eigenvalue weighted by Crippen LogP contribution is -1.89. The molecule has 0 aliphatic rings. The maximum atomic E-state index is 3.48. The van der Waals surface area contributed by atoms with Gasteiger partial charge in [0.15, 0.2) is 0 Å². The van der Waals surface area contributed by atoms with E-state index in [-0.39, 0.29) is 0 Å². The van der Waals surface area contributed by atoms with E-state index in [9.17, 15) is 0 Å². The van der Waals surface area contributed by atoms with Crippen molar-refractivity contribution in [2.24, 2.45) is 0 Å². The first kappa shape index (κ1) is 15.8. The minimum Gasteiger partial charge on any atom is -0.0928 e. The molecular formula is C17H27Br. The highest BCUT2D eigenvalue weighted by molar-refractivity contribution is 9.09. The molecule has 0 fully saturated rings. The summed E-state index contributed by atoms with van der Waals surface area (Å²) in [6, 6.07) is 8.78. The van der Waals surface area contributed by atoms with Crippen LogP contribution in [0.5, 0.6) is 0 Å². The number of unbranched alkanes of at least 4 members (excludes halogenated alkanes) is 7. The van der Waals surface area contributed by atoms with Crippen molar-refractivity contribution in [2.45, 2.75) is 64.7 Å². The average Bonchev–Trinajstić information content (AvgIpc) is 2.39. The Morgan fingerprint density at radius 2 is 1.33 bits per heavy atom. The largest absolute Gasteiger partial charge is 0.0928 e. The van der Waals surface area contributed by atoms with Crippen molar-refractivity contribution in [1.82, 2.24) is 0 Å². The SMILES string of the molecule is Cc1ccccc1CCCCCCCCCCBr. The van der Waals surface area contributed by atoms with Gasteiger partial charge in [-0.25, -0.2) is 0 Å². The Morgan fingerprint density at radius 3 is 1.94 bits per heavy atom. The number of alkyl halides is 1. The Morgan fingerprint density at radius 1 is 0.778 bits per heavy atom. The standard InChI is InChI=1S/C17H27Br/c1-16-12-9-10-14-17(16)13-8-6-4-2-3-5-7-11-15-18/h9-10,12,14H,2-8,11,13,15H2,1H3. The van der Waals surface area contributed by atoms with E-state index in [1.54, 1.807) is 0 Å². The van der Waals surface area contributed by atoms with Crippen molar-refractivity contribution in [1.29, 1.82) is 0 Å². The van der Waals surface area contributed by atoms with Crippen LogP contribution in [-0.4, -0.2) is 5.33 Å². The molecule has 102 valence electrons. The molecule has 0 bridgehead atoms. The number of hydrogen-bond donors (Lipinski definition) is 0. The van der Waals surface area contributed by atoms with Gasteiger partial charge in [0.05, 0.1) is 0 Å². The van der Waals surface area contributed by atoms with Gasteiger partial charge in [-0.2, -0.15) is 0 Å². The van der Waals surface area contributed by atoms with Crippen LogP contribution < -0.4 is 0 Å². The topological polar surface area (TPSA) is 0 Å². The third kappa shape index (κ3) is 7.20. The predicted octanol–water partition coefficient (Wildman–Crippen LogP) is 6.05. The molecule has 0 N–H and O–H groups in total. The van der Waals surface area contributed by atoms with E-state index in [0.29, 0.717) is 0 Å². The molecule has 1 heteroatoms. The van der Waals surface area contributed by atoms with Gasteiger partial charge in [0.25, 0.3) is 0 Å². The van der Waals surface area contributed by atoms with E-state index >= 15 is 0 Å². The summed E-state index contributed by atoms with van der Waals surface area (Å²) in [4.78, 5) is 0. The van der Waals surface area contributed by atoms with Crippen molar-refractivity contribution >= 4 is 15.9 Å². The molecule has 18 heavy (non-hydrogen) atoms. The van der Waals surface area contributed by atoms with Gasteiger partial charge in [-0.1, -0.05) is 78.7 Å². The lowest BCUT2D eigenvalue weighted by atomic mass is 10.0. The first-order valence-corrected chi connectivity index (χ1v) is 8.57. The van der Waals surface area contributed by atoms with Gasteiger partial charge >= 0.3 is 0 Å². The predicted molar refractivity (Wildman–Crippen MR) is 85.6 cm³/mol. The number of aryl methyl sites for hydroxylation is 2. The third-order valence-electron chi connectivity index (χ3n) is 3.59. The Bertz CT molecular complexity index is 306. The highest BCUT2D eigenvalue weighted by Crippen LogP contribution is 2.13. The van der Waals surface area contributed by atoms with Gasteiger partial charge in [-0.15, -0.1) is 0 Å². The second kappa shape index (κ2) is 10.6. The van der Waals surface area contributed by atoms with Crippen LogP contribution in [0.3, 0.4) is 0 Å². The zero-order valence-corrected chi connectivity index (χ0v) is 13.3. The molecule has 0 saturated heterocycles. The zero-order valence-electron chi connectivity index (χ0n) is 11.8. The monoisotopic (exact) mass is 310 g/mol. The molecule has 0 spiro atoms.